The molecule has 0 saturated heterocycles. The smallest absolute Gasteiger partial charge is 0.221 e. The fraction of sp³-hybridized carbons (Fsp3) is 0.364. The van der Waals surface area contributed by atoms with Gasteiger partial charge in [-0.1, -0.05) is 17.7 Å². The number of hydrogen-bond donors (Lipinski definition) is 2. The van der Waals surface area contributed by atoms with Crippen molar-refractivity contribution in [2.75, 3.05) is 6.54 Å². The minimum absolute atomic E-state index is 0.0223. The molecule has 0 bridgehead atoms. The van der Waals surface area contributed by atoms with E-state index in [-0.39, 0.29) is 22.9 Å². The zero-order valence-corrected chi connectivity index (χ0v) is 9.72. The van der Waals surface area contributed by atoms with Crippen molar-refractivity contribution in [3.05, 3.63) is 34.6 Å². The molecular formula is C11H14ClFN2O. The molecule has 0 fully saturated rings. The zero-order chi connectivity index (χ0) is 12.1. The monoisotopic (exact) mass is 244 g/mol. The lowest BCUT2D eigenvalue weighted by molar-refractivity contribution is -0.121. The number of hydrogen-bond acceptors (Lipinski definition) is 2. The third kappa shape index (κ3) is 3.18. The number of carbonyl (C=O) groups is 1. The average molecular weight is 245 g/mol. The minimum atomic E-state index is -0.722. The van der Waals surface area contributed by atoms with Gasteiger partial charge in [0.2, 0.25) is 5.91 Å². The van der Waals surface area contributed by atoms with Crippen LogP contribution in [-0.4, -0.2) is 12.5 Å². The molecule has 0 saturated carbocycles. The highest BCUT2D eigenvalue weighted by Gasteiger charge is 2.17. The normalized spacial score (nSPS) is 12.2. The van der Waals surface area contributed by atoms with Gasteiger partial charge in [-0.05, 0) is 19.1 Å². The molecule has 16 heavy (non-hydrogen) atoms. The highest BCUT2D eigenvalue weighted by Crippen LogP contribution is 2.26. The lowest BCUT2D eigenvalue weighted by Crippen LogP contribution is -2.27. The van der Waals surface area contributed by atoms with E-state index in [2.05, 4.69) is 5.32 Å². The molecule has 1 aromatic carbocycles. The topological polar surface area (TPSA) is 55.1 Å². The van der Waals surface area contributed by atoms with Crippen LogP contribution in [0.15, 0.2) is 18.2 Å². The van der Waals surface area contributed by atoms with E-state index in [4.69, 9.17) is 17.3 Å². The van der Waals surface area contributed by atoms with Gasteiger partial charge in [0.05, 0.1) is 0 Å². The Labute approximate surface area is 98.8 Å². The van der Waals surface area contributed by atoms with Crippen molar-refractivity contribution in [1.82, 2.24) is 5.32 Å². The summed E-state index contributed by atoms with van der Waals surface area (Å²) in [7, 11) is 0. The average Bonchev–Trinajstić information content (AvgIpc) is 2.17. The van der Waals surface area contributed by atoms with Crippen LogP contribution >= 0.6 is 11.6 Å². The van der Waals surface area contributed by atoms with Crippen LogP contribution in [0.5, 0.6) is 0 Å². The highest BCUT2D eigenvalue weighted by molar-refractivity contribution is 6.31. The van der Waals surface area contributed by atoms with Crippen molar-refractivity contribution in [2.45, 2.75) is 19.4 Å². The van der Waals surface area contributed by atoms with Gasteiger partial charge >= 0.3 is 0 Å². The number of nitrogens with two attached hydrogens (primary N) is 1. The molecule has 1 atom stereocenters. The molecule has 1 aromatic rings. The predicted octanol–water partition coefficient (Wildman–Crippen LogP) is 2.01. The Balaban J connectivity index is 2.80. The summed E-state index contributed by atoms with van der Waals surface area (Å²) in [5, 5.41) is 2.85. The molecule has 0 aromatic heterocycles. The Morgan fingerprint density at radius 1 is 1.62 bits per heavy atom. The third-order valence-corrected chi connectivity index (χ3v) is 2.48. The molecule has 5 heteroatoms. The van der Waals surface area contributed by atoms with Crippen LogP contribution in [0.2, 0.25) is 5.02 Å². The van der Waals surface area contributed by atoms with Crippen molar-refractivity contribution < 1.29 is 9.18 Å². The van der Waals surface area contributed by atoms with Crippen LogP contribution in [-0.2, 0) is 4.79 Å². The Hall–Kier alpha value is -1.13. The maximum Gasteiger partial charge on any atom is 0.221 e. The van der Waals surface area contributed by atoms with Gasteiger partial charge in [-0.2, -0.15) is 0 Å². The van der Waals surface area contributed by atoms with E-state index in [0.717, 1.165) is 0 Å². The molecule has 88 valence electrons. The summed E-state index contributed by atoms with van der Waals surface area (Å²) in [6.07, 6.45) is 0.0223. The molecule has 0 aliphatic rings. The van der Waals surface area contributed by atoms with Crippen LogP contribution in [0.1, 0.15) is 24.9 Å². The van der Waals surface area contributed by atoms with Gasteiger partial charge in [-0.3, -0.25) is 4.79 Å². The van der Waals surface area contributed by atoms with E-state index in [1.165, 1.54) is 12.1 Å². The zero-order valence-electron chi connectivity index (χ0n) is 8.97. The van der Waals surface area contributed by atoms with Crippen LogP contribution < -0.4 is 11.1 Å². The van der Waals surface area contributed by atoms with Crippen LogP contribution in [0.4, 0.5) is 4.39 Å². The lowest BCUT2D eigenvalue weighted by atomic mass is 10.0. The van der Waals surface area contributed by atoms with Gasteiger partial charge in [0.15, 0.2) is 0 Å². The van der Waals surface area contributed by atoms with E-state index in [1.54, 1.807) is 13.0 Å². The number of carbonyl (C=O) groups excluding carboxylic acids is 1. The van der Waals surface area contributed by atoms with Gasteiger partial charge in [-0.15, -0.1) is 0 Å². The van der Waals surface area contributed by atoms with Gasteiger partial charge < -0.3 is 11.1 Å². The summed E-state index contributed by atoms with van der Waals surface area (Å²) in [5.74, 6) is -0.696. The summed E-state index contributed by atoms with van der Waals surface area (Å²) in [5.41, 5.74) is 5.93. The molecule has 0 aliphatic carbocycles. The number of halogens is 2. The fourth-order valence-corrected chi connectivity index (χ4v) is 1.74. The van der Waals surface area contributed by atoms with Crippen molar-refractivity contribution in [2.24, 2.45) is 5.73 Å². The van der Waals surface area contributed by atoms with Gasteiger partial charge in [-0.25, -0.2) is 4.39 Å². The van der Waals surface area contributed by atoms with Crippen LogP contribution in [0.25, 0.3) is 0 Å². The number of rotatable bonds is 4. The SMILES string of the molecule is CCNC(=O)CC(N)c1c(F)cccc1Cl. The molecule has 0 spiro atoms. The van der Waals surface area contributed by atoms with E-state index >= 15 is 0 Å². The summed E-state index contributed by atoms with van der Waals surface area (Å²) < 4.78 is 13.4. The Bertz CT molecular complexity index is 364. The fourth-order valence-electron chi connectivity index (χ4n) is 1.44. The summed E-state index contributed by atoms with van der Waals surface area (Å²) >= 11 is 5.83. The molecule has 3 N–H and O–H groups in total. The largest absolute Gasteiger partial charge is 0.356 e. The second-order valence-corrected chi connectivity index (χ2v) is 3.81. The number of benzene rings is 1. The van der Waals surface area contributed by atoms with Crippen LogP contribution in [0.3, 0.4) is 0 Å². The van der Waals surface area contributed by atoms with Crippen molar-refractivity contribution >= 4 is 17.5 Å². The van der Waals surface area contributed by atoms with Crippen molar-refractivity contribution in [3.63, 3.8) is 0 Å². The highest BCUT2D eigenvalue weighted by atomic mass is 35.5. The Morgan fingerprint density at radius 3 is 2.88 bits per heavy atom. The number of nitrogens with one attached hydrogen (secondary N) is 1. The standard InChI is InChI=1S/C11H14ClFN2O/c1-2-15-10(16)6-9(14)11-7(12)4-3-5-8(11)13/h3-5,9H,2,6,14H2,1H3,(H,15,16). The van der Waals surface area contributed by atoms with Gasteiger partial charge in [0.25, 0.3) is 0 Å². The first-order valence-corrected chi connectivity index (χ1v) is 5.40. The first-order valence-electron chi connectivity index (χ1n) is 5.02. The van der Waals surface area contributed by atoms with Crippen LogP contribution in [0, 0.1) is 5.82 Å². The van der Waals surface area contributed by atoms with E-state index in [0.29, 0.717) is 6.54 Å². The third-order valence-electron chi connectivity index (χ3n) is 2.15. The van der Waals surface area contributed by atoms with E-state index in [1.807, 2.05) is 0 Å². The molecule has 3 nitrogen and oxygen atoms in total. The molecule has 1 rings (SSSR count). The lowest BCUT2D eigenvalue weighted by Gasteiger charge is -2.14. The first-order chi connectivity index (χ1) is 7.56. The number of amides is 1. The first kappa shape index (κ1) is 12.9. The summed E-state index contributed by atoms with van der Waals surface area (Å²) in [4.78, 5) is 11.3. The summed E-state index contributed by atoms with van der Waals surface area (Å²) in [6, 6.07) is 3.61. The van der Waals surface area contributed by atoms with Crippen molar-refractivity contribution in [3.8, 4) is 0 Å². The summed E-state index contributed by atoms with van der Waals surface area (Å²) in [6.45, 7) is 2.33. The van der Waals surface area contributed by atoms with Gasteiger partial charge in [0.1, 0.15) is 5.82 Å². The predicted molar refractivity (Wildman–Crippen MR) is 61.6 cm³/mol. The Morgan fingerprint density at radius 2 is 2.31 bits per heavy atom. The molecule has 0 radical (unpaired) electrons. The van der Waals surface area contributed by atoms with Crippen molar-refractivity contribution in [1.29, 1.82) is 0 Å². The Kier molecular flexibility index (Phi) is 4.71. The maximum absolute atomic E-state index is 13.4. The van der Waals surface area contributed by atoms with E-state index in [9.17, 15) is 9.18 Å². The molecule has 1 unspecified atom stereocenters. The quantitative estimate of drug-likeness (QED) is 0.851. The second-order valence-electron chi connectivity index (χ2n) is 3.40. The van der Waals surface area contributed by atoms with Gasteiger partial charge in [0, 0.05) is 29.6 Å². The molecule has 0 heterocycles. The molecule has 0 aliphatic heterocycles. The molecular weight excluding hydrogens is 231 g/mol. The minimum Gasteiger partial charge on any atom is -0.356 e. The second kappa shape index (κ2) is 5.82. The maximum atomic E-state index is 13.4. The molecule has 1 amide bonds. The van der Waals surface area contributed by atoms with E-state index < -0.39 is 11.9 Å².